The van der Waals surface area contributed by atoms with Crippen molar-refractivity contribution in [3.8, 4) is 0 Å². The van der Waals surface area contributed by atoms with Crippen LogP contribution in [-0.2, 0) is 0 Å². The van der Waals surface area contributed by atoms with Gasteiger partial charge in [0.05, 0.1) is 6.10 Å². The fraction of sp³-hybridized carbons (Fsp3) is 0.500. The summed E-state index contributed by atoms with van der Waals surface area (Å²) in [4.78, 5) is 0. The van der Waals surface area contributed by atoms with Crippen molar-refractivity contribution in [2.45, 2.75) is 18.9 Å². The molecule has 0 radical (unpaired) electrons. The van der Waals surface area contributed by atoms with Gasteiger partial charge >= 0.3 is 0 Å². The summed E-state index contributed by atoms with van der Waals surface area (Å²) in [6.07, 6.45) is 1.66. The molecule has 3 heteroatoms. The summed E-state index contributed by atoms with van der Waals surface area (Å²) in [6, 6.07) is 6.12. The van der Waals surface area contributed by atoms with Gasteiger partial charge in [0, 0.05) is 12.5 Å². The van der Waals surface area contributed by atoms with E-state index in [1.54, 1.807) is 12.1 Å². The van der Waals surface area contributed by atoms with Crippen molar-refractivity contribution in [1.82, 2.24) is 5.32 Å². The van der Waals surface area contributed by atoms with Gasteiger partial charge in [-0.25, -0.2) is 4.39 Å². The molecular weight excluding hydrogens is 193 g/mol. The Labute approximate surface area is 89.1 Å². The molecule has 2 N–H and O–H groups in total. The number of hydrogen-bond donors (Lipinski definition) is 2. The van der Waals surface area contributed by atoms with E-state index in [1.165, 1.54) is 12.1 Å². The predicted molar refractivity (Wildman–Crippen MR) is 57.0 cm³/mol. The molecule has 1 aromatic carbocycles. The first-order valence-corrected chi connectivity index (χ1v) is 5.41. The summed E-state index contributed by atoms with van der Waals surface area (Å²) in [5.74, 6) is -0.00284. The molecule has 0 spiro atoms. The molecule has 0 unspecified atom stereocenters. The molecule has 82 valence electrons. The normalized spacial score (nSPS) is 23.7. The second kappa shape index (κ2) is 4.73. The molecule has 0 aromatic heterocycles. The van der Waals surface area contributed by atoms with Gasteiger partial charge in [-0.2, -0.15) is 0 Å². The van der Waals surface area contributed by atoms with Gasteiger partial charge in [-0.05, 0) is 37.1 Å². The van der Waals surface area contributed by atoms with Crippen molar-refractivity contribution in [2.75, 3.05) is 13.1 Å². The Kier molecular flexibility index (Phi) is 3.34. The van der Waals surface area contributed by atoms with Crippen molar-refractivity contribution in [2.24, 2.45) is 5.92 Å². The average Bonchev–Trinajstić information content (AvgIpc) is 2.30. The van der Waals surface area contributed by atoms with Crippen LogP contribution in [0.25, 0.3) is 0 Å². The lowest BCUT2D eigenvalue weighted by atomic mass is 9.89. The SMILES string of the molecule is O[C@H](c1ccc(F)cc1)[C@H]1CCCNC1. The van der Waals surface area contributed by atoms with E-state index in [-0.39, 0.29) is 11.7 Å². The van der Waals surface area contributed by atoms with Crippen LogP contribution in [0.5, 0.6) is 0 Å². The number of halogens is 1. The second-order valence-electron chi connectivity index (χ2n) is 4.10. The van der Waals surface area contributed by atoms with Gasteiger partial charge in [0.25, 0.3) is 0 Å². The highest BCUT2D eigenvalue weighted by Gasteiger charge is 2.22. The maximum absolute atomic E-state index is 12.7. The monoisotopic (exact) mass is 209 g/mol. The largest absolute Gasteiger partial charge is 0.388 e. The molecule has 1 aliphatic rings. The lowest BCUT2D eigenvalue weighted by Gasteiger charge is -2.27. The Balaban J connectivity index is 2.05. The molecule has 2 rings (SSSR count). The zero-order chi connectivity index (χ0) is 10.7. The van der Waals surface area contributed by atoms with E-state index >= 15 is 0 Å². The summed E-state index contributed by atoms with van der Waals surface area (Å²) in [6.45, 7) is 1.88. The summed E-state index contributed by atoms with van der Waals surface area (Å²) in [7, 11) is 0. The Hall–Kier alpha value is -0.930. The van der Waals surface area contributed by atoms with E-state index in [0.717, 1.165) is 31.5 Å². The van der Waals surface area contributed by atoms with Crippen molar-refractivity contribution < 1.29 is 9.50 Å². The Morgan fingerprint density at radius 2 is 2.07 bits per heavy atom. The fourth-order valence-electron chi connectivity index (χ4n) is 2.08. The molecule has 2 atom stereocenters. The number of aliphatic hydroxyl groups excluding tert-OH is 1. The number of hydrogen-bond acceptors (Lipinski definition) is 2. The molecule has 0 saturated carbocycles. The highest BCUT2D eigenvalue weighted by Crippen LogP contribution is 2.26. The highest BCUT2D eigenvalue weighted by atomic mass is 19.1. The molecule has 15 heavy (non-hydrogen) atoms. The van der Waals surface area contributed by atoms with Crippen LogP contribution in [0.1, 0.15) is 24.5 Å². The Morgan fingerprint density at radius 3 is 2.67 bits per heavy atom. The van der Waals surface area contributed by atoms with E-state index in [2.05, 4.69) is 5.32 Å². The third-order valence-corrected chi connectivity index (χ3v) is 2.99. The van der Waals surface area contributed by atoms with Crippen LogP contribution in [0.3, 0.4) is 0 Å². The lowest BCUT2D eigenvalue weighted by Crippen LogP contribution is -2.33. The van der Waals surface area contributed by atoms with Crippen LogP contribution >= 0.6 is 0 Å². The topological polar surface area (TPSA) is 32.3 Å². The average molecular weight is 209 g/mol. The van der Waals surface area contributed by atoms with Crippen LogP contribution in [0.4, 0.5) is 4.39 Å². The summed E-state index contributed by atoms with van der Waals surface area (Å²) < 4.78 is 12.7. The van der Waals surface area contributed by atoms with Crippen LogP contribution in [0, 0.1) is 11.7 Å². The minimum absolute atomic E-state index is 0.254. The molecule has 1 fully saturated rings. The van der Waals surface area contributed by atoms with E-state index in [1.807, 2.05) is 0 Å². The first kappa shape index (κ1) is 10.6. The molecule has 0 bridgehead atoms. The highest BCUT2D eigenvalue weighted by molar-refractivity contribution is 5.19. The Bertz CT molecular complexity index is 306. The molecule has 0 aliphatic carbocycles. The third-order valence-electron chi connectivity index (χ3n) is 2.99. The first-order chi connectivity index (χ1) is 7.27. The Morgan fingerprint density at radius 1 is 1.33 bits per heavy atom. The van der Waals surface area contributed by atoms with Gasteiger partial charge in [-0.15, -0.1) is 0 Å². The number of piperidine rings is 1. The van der Waals surface area contributed by atoms with Gasteiger partial charge in [-0.1, -0.05) is 12.1 Å². The van der Waals surface area contributed by atoms with E-state index < -0.39 is 6.10 Å². The fourth-order valence-corrected chi connectivity index (χ4v) is 2.08. The van der Waals surface area contributed by atoms with Crippen LogP contribution in [0.2, 0.25) is 0 Å². The van der Waals surface area contributed by atoms with Gasteiger partial charge in [-0.3, -0.25) is 0 Å². The van der Waals surface area contributed by atoms with E-state index in [0.29, 0.717) is 0 Å². The number of rotatable bonds is 2. The molecular formula is C12H16FNO. The van der Waals surface area contributed by atoms with Gasteiger partial charge in [0.15, 0.2) is 0 Å². The van der Waals surface area contributed by atoms with Gasteiger partial charge in [0.1, 0.15) is 5.82 Å². The maximum atomic E-state index is 12.7. The summed E-state index contributed by atoms with van der Waals surface area (Å²) >= 11 is 0. The molecule has 1 saturated heterocycles. The molecule has 0 amide bonds. The van der Waals surface area contributed by atoms with Crippen LogP contribution in [-0.4, -0.2) is 18.2 Å². The minimum Gasteiger partial charge on any atom is -0.388 e. The quantitative estimate of drug-likeness (QED) is 0.779. The van der Waals surface area contributed by atoms with Crippen LogP contribution in [0.15, 0.2) is 24.3 Å². The number of aliphatic hydroxyl groups is 1. The third kappa shape index (κ3) is 2.55. The smallest absolute Gasteiger partial charge is 0.123 e. The summed E-state index contributed by atoms with van der Waals surface area (Å²) in [5.41, 5.74) is 0.810. The first-order valence-electron chi connectivity index (χ1n) is 5.41. The van der Waals surface area contributed by atoms with Crippen molar-refractivity contribution in [3.63, 3.8) is 0 Å². The lowest BCUT2D eigenvalue weighted by molar-refractivity contribution is 0.0921. The number of benzene rings is 1. The van der Waals surface area contributed by atoms with Gasteiger partial charge < -0.3 is 10.4 Å². The molecule has 1 aromatic rings. The second-order valence-corrected chi connectivity index (χ2v) is 4.10. The zero-order valence-electron chi connectivity index (χ0n) is 8.62. The standard InChI is InChI=1S/C12H16FNO/c13-11-5-3-9(4-6-11)12(15)10-2-1-7-14-8-10/h3-6,10,12,14-15H,1-2,7-8H2/t10-,12+/m0/s1. The molecule has 2 nitrogen and oxygen atoms in total. The summed E-state index contributed by atoms with van der Waals surface area (Å²) in [5, 5.41) is 13.3. The van der Waals surface area contributed by atoms with Crippen LogP contribution < -0.4 is 5.32 Å². The minimum atomic E-state index is -0.474. The van der Waals surface area contributed by atoms with Crippen molar-refractivity contribution >= 4 is 0 Å². The van der Waals surface area contributed by atoms with Gasteiger partial charge in [0.2, 0.25) is 0 Å². The van der Waals surface area contributed by atoms with Crippen molar-refractivity contribution in [1.29, 1.82) is 0 Å². The zero-order valence-corrected chi connectivity index (χ0v) is 8.62. The number of nitrogens with one attached hydrogen (secondary N) is 1. The molecule has 1 heterocycles. The van der Waals surface area contributed by atoms with Crippen molar-refractivity contribution in [3.05, 3.63) is 35.6 Å². The van der Waals surface area contributed by atoms with E-state index in [9.17, 15) is 9.50 Å². The molecule has 1 aliphatic heterocycles. The maximum Gasteiger partial charge on any atom is 0.123 e. The predicted octanol–water partition coefficient (Wildman–Crippen LogP) is 1.86. The van der Waals surface area contributed by atoms with E-state index in [4.69, 9.17) is 0 Å².